The Hall–Kier alpha value is -5.00. The average Bonchev–Trinajstić information content (AvgIpc) is 3.69. The summed E-state index contributed by atoms with van der Waals surface area (Å²) < 4.78 is 27.7. The third kappa shape index (κ3) is 4.39. The molecule has 4 atom stereocenters. The minimum Gasteiger partial charge on any atom is -0.493 e. The first-order chi connectivity index (χ1) is 18.8. The molecule has 1 fully saturated rings. The number of hydrogen-bond donors (Lipinski definition) is 0. The summed E-state index contributed by atoms with van der Waals surface area (Å²) in [5.41, 5.74) is -0.305. The Labute approximate surface area is 223 Å². The number of hydrogen-bond acceptors (Lipinski definition) is 9. The van der Waals surface area contributed by atoms with E-state index < -0.39 is 47.4 Å². The lowest BCUT2D eigenvalue weighted by Gasteiger charge is -2.36. The molecule has 5 rings (SSSR count). The van der Waals surface area contributed by atoms with Crippen molar-refractivity contribution in [2.75, 3.05) is 19.1 Å². The zero-order valence-corrected chi connectivity index (χ0v) is 21.1. The number of nitrogens with zero attached hydrogens (tertiary/aromatic N) is 2. The molecular formula is C28H22N2O9. The summed E-state index contributed by atoms with van der Waals surface area (Å²) >= 11 is 0. The average molecular weight is 530 g/mol. The summed E-state index contributed by atoms with van der Waals surface area (Å²) in [5, 5.41) is 11.7. The molecule has 198 valence electrons. The SMILES string of the molecule is COc1cc(COC(=O)N2c3ccccc3[C@@]34O[C@H]3[C@@H]2C#C/C=C/C#CC4OC(C)=O)c([N+](=O)[O-])cc1OC. The summed E-state index contributed by atoms with van der Waals surface area (Å²) in [5.74, 6) is 11.5. The number of fused-ring (bicyclic) bond motifs is 1. The third-order valence-corrected chi connectivity index (χ3v) is 6.54. The van der Waals surface area contributed by atoms with Gasteiger partial charge in [0.2, 0.25) is 0 Å². The van der Waals surface area contributed by atoms with Crippen LogP contribution in [0.2, 0.25) is 0 Å². The van der Waals surface area contributed by atoms with E-state index in [4.69, 9.17) is 23.7 Å². The van der Waals surface area contributed by atoms with Crippen molar-refractivity contribution in [2.24, 2.45) is 0 Å². The topological polar surface area (TPSA) is 130 Å². The molecule has 1 aliphatic carbocycles. The lowest BCUT2D eigenvalue weighted by Crippen LogP contribution is -2.51. The van der Waals surface area contributed by atoms with Crippen LogP contribution in [0.1, 0.15) is 18.1 Å². The molecule has 1 saturated heterocycles. The van der Waals surface area contributed by atoms with E-state index in [2.05, 4.69) is 23.7 Å². The van der Waals surface area contributed by atoms with Gasteiger partial charge >= 0.3 is 12.1 Å². The molecular weight excluding hydrogens is 508 g/mol. The van der Waals surface area contributed by atoms with Crippen LogP contribution in [-0.4, -0.2) is 49.5 Å². The first kappa shape index (κ1) is 25.6. The van der Waals surface area contributed by atoms with Crippen LogP contribution < -0.4 is 14.4 Å². The Morgan fingerprint density at radius 1 is 1.10 bits per heavy atom. The van der Waals surface area contributed by atoms with Crippen LogP contribution in [0.25, 0.3) is 0 Å². The number of carbonyl (C=O) groups excluding carboxylic acids is 2. The molecule has 2 aliphatic heterocycles. The summed E-state index contributed by atoms with van der Waals surface area (Å²) in [4.78, 5) is 37.9. The molecule has 1 amide bonds. The van der Waals surface area contributed by atoms with Crippen molar-refractivity contribution < 1.29 is 38.2 Å². The number of carbonyl (C=O) groups is 2. The number of para-hydroxylation sites is 1. The highest BCUT2D eigenvalue weighted by molar-refractivity contribution is 5.92. The normalized spacial score (nSPS) is 24.2. The van der Waals surface area contributed by atoms with E-state index in [1.54, 1.807) is 24.3 Å². The number of nitro benzene ring substituents is 1. The molecule has 11 heteroatoms. The van der Waals surface area contributed by atoms with Crippen molar-refractivity contribution in [1.29, 1.82) is 0 Å². The summed E-state index contributed by atoms with van der Waals surface area (Å²) in [6.07, 6.45) is 0.619. The molecule has 1 unspecified atom stereocenters. The zero-order chi connectivity index (χ0) is 27.7. The van der Waals surface area contributed by atoms with Crippen molar-refractivity contribution >= 4 is 23.4 Å². The number of epoxide rings is 1. The van der Waals surface area contributed by atoms with Gasteiger partial charge in [0.05, 0.1) is 36.5 Å². The first-order valence-electron chi connectivity index (χ1n) is 11.8. The Kier molecular flexibility index (Phi) is 6.60. The number of ether oxygens (including phenoxy) is 5. The molecule has 39 heavy (non-hydrogen) atoms. The van der Waals surface area contributed by atoms with Gasteiger partial charge in [-0.15, -0.1) is 0 Å². The number of anilines is 1. The largest absolute Gasteiger partial charge is 0.493 e. The van der Waals surface area contributed by atoms with Crippen molar-refractivity contribution in [1.82, 2.24) is 0 Å². The highest BCUT2D eigenvalue weighted by atomic mass is 16.7. The van der Waals surface area contributed by atoms with Gasteiger partial charge in [0.15, 0.2) is 23.2 Å². The minimum atomic E-state index is -1.13. The van der Waals surface area contributed by atoms with Crippen LogP contribution in [0.3, 0.4) is 0 Å². The number of nitro groups is 1. The van der Waals surface area contributed by atoms with Crippen LogP contribution in [0.4, 0.5) is 16.2 Å². The van der Waals surface area contributed by atoms with Crippen LogP contribution in [-0.2, 0) is 31.2 Å². The van der Waals surface area contributed by atoms with E-state index in [1.165, 1.54) is 50.3 Å². The maximum Gasteiger partial charge on any atom is 0.415 e. The molecule has 2 heterocycles. The fraction of sp³-hybridized carbons (Fsp3) is 0.286. The van der Waals surface area contributed by atoms with Gasteiger partial charge in [-0.3, -0.25) is 19.8 Å². The molecule has 2 aromatic rings. The third-order valence-electron chi connectivity index (χ3n) is 6.54. The van der Waals surface area contributed by atoms with E-state index in [0.29, 0.717) is 11.3 Å². The van der Waals surface area contributed by atoms with Crippen molar-refractivity contribution in [3.63, 3.8) is 0 Å². The number of methoxy groups -OCH3 is 2. The van der Waals surface area contributed by atoms with Gasteiger partial charge in [0.1, 0.15) is 18.8 Å². The monoisotopic (exact) mass is 530 g/mol. The molecule has 0 radical (unpaired) electrons. The Bertz CT molecular complexity index is 1530. The quantitative estimate of drug-likeness (QED) is 0.182. The maximum atomic E-state index is 13.6. The molecule has 0 N–H and O–H groups in total. The molecule has 0 aromatic heterocycles. The van der Waals surface area contributed by atoms with Gasteiger partial charge in [0, 0.05) is 12.5 Å². The Balaban J connectivity index is 1.52. The van der Waals surface area contributed by atoms with Crippen molar-refractivity contribution in [3.8, 4) is 35.2 Å². The number of amides is 1. The number of allylic oxidation sites excluding steroid dienone is 2. The van der Waals surface area contributed by atoms with Gasteiger partial charge in [-0.2, -0.15) is 0 Å². The van der Waals surface area contributed by atoms with Gasteiger partial charge < -0.3 is 23.7 Å². The predicted molar refractivity (Wildman–Crippen MR) is 136 cm³/mol. The lowest BCUT2D eigenvalue weighted by atomic mass is 9.81. The Morgan fingerprint density at radius 2 is 1.79 bits per heavy atom. The molecule has 11 nitrogen and oxygen atoms in total. The van der Waals surface area contributed by atoms with Crippen LogP contribution in [0.15, 0.2) is 48.6 Å². The van der Waals surface area contributed by atoms with E-state index >= 15 is 0 Å². The first-order valence-corrected chi connectivity index (χ1v) is 11.8. The number of esters is 1. The standard InChI is InChI=1S/C28H22N2O9/c1-17(31)38-25-13-7-5-4-6-12-21-26-28(25,39-26)19-10-8-9-11-20(19)29(21)27(32)37-16-18-14-23(35-2)24(36-3)15-22(18)30(33)34/h4-5,8-11,14-15,21,25-26H,16H2,1-3H3/b5-4+/t21-,25?,26-,28-/m0/s1. The van der Waals surface area contributed by atoms with Gasteiger partial charge in [0.25, 0.3) is 5.69 Å². The zero-order valence-electron chi connectivity index (χ0n) is 21.1. The van der Waals surface area contributed by atoms with E-state index in [-0.39, 0.29) is 22.7 Å². The fourth-order valence-electron chi connectivity index (χ4n) is 4.83. The van der Waals surface area contributed by atoms with E-state index in [0.717, 1.165) is 0 Å². The van der Waals surface area contributed by atoms with E-state index in [1.807, 2.05) is 0 Å². The smallest absolute Gasteiger partial charge is 0.415 e. The molecule has 0 saturated carbocycles. The second-order valence-electron chi connectivity index (χ2n) is 8.71. The van der Waals surface area contributed by atoms with E-state index in [9.17, 15) is 19.7 Å². The highest BCUT2D eigenvalue weighted by Crippen LogP contribution is 2.59. The fourth-order valence-corrected chi connectivity index (χ4v) is 4.83. The number of rotatable bonds is 6. The second-order valence-corrected chi connectivity index (χ2v) is 8.71. The summed E-state index contributed by atoms with van der Waals surface area (Å²) in [7, 11) is 2.76. The van der Waals surface area contributed by atoms with Crippen molar-refractivity contribution in [3.05, 3.63) is 69.8 Å². The van der Waals surface area contributed by atoms with Crippen LogP contribution in [0.5, 0.6) is 11.5 Å². The lowest BCUT2D eigenvalue weighted by molar-refractivity contribution is -0.385. The molecule has 3 aliphatic rings. The molecule has 0 spiro atoms. The Morgan fingerprint density at radius 3 is 2.49 bits per heavy atom. The number of benzene rings is 2. The summed E-state index contributed by atoms with van der Waals surface area (Å²) in [6.45, 7) is 0.861. The maximum absolute atomic E-state index is 13.6. The minimum absolute atomic E-state index is 0.110. The van der Waals surface area contributed by atoms with Crippen LogP contribution >= 0.6 is 0 Å². The van der Waals surface area contributed by atoms with Gasteiger partial charge in [-0.05, 0) is 24.3 Å². The highest BCUT2D eigenvalue weighted by Gasteiger charge is 2.72. The second kappa shape index (κ2) is 10.0. The van der Waals surface area contributed by atoms with Gasteiger partial charge in [-0.1, -0.05) is 41.9 Å². The summed E-state index contributed by atoms with van der Waals surface area (Å²) in [6, 6.07) is 8.74. The predicted octanol–water partition coefficient (Wildman–Crippen LogP) is 3.24. The van der Waals surface area contributed by atoms with Crippen LogP contribution in [0, 0.1) is 33.8 Å². The van der Waals surface area contributed by atoms with Gasteiger partial charge in [-0.25, -0.2) is 4.79 Å². The van der Waals surface area contributed by atoms with Crippen molar-refractivity contribution in [2.45, 2.75) is 37.4 Å². The molecule has 2 aromatic carbocycles. The molecule has 2 bridgehead atoms.